The molecule has 1 aliphatic heterocycles. The summed E-state index contributed by atoms with van der Waals surface area (Å²) in [6.07, 6.45) is 2.95. The van der Waals surface area contributed by atoms with Gasteiger partial charge in [-0.15, -0.1) is 0 Å². The van der Waals surface area contributed by atoms with E-state index in [0.717, 1.165) is 5.69 Å². The first kappa shape index (κ1) is 22.9. The molecule has 3 aromatic rings. The second-order valence-electron chi connectivity index (χ2n) is 9.49. The lowest BCUT2D eigenvalue weighted by molar-refractivity contribution is -0.131. The topological polar surface area (TPSA) is 110 Å². The molecule has 1 saturated carbocycles. The van der Waals surface area contributed by atoms with Crippen LogP contribution in [0.4, 0.5) is 6.01 Å². The van der Waals surface area contributed by atoms with Gasteiger partial charge in [-0.1, -0.05) is 11.6 Å². The van der Waals surface area contributed by atoms with Gasteiger partial charge in [0.1, 0.15) is 5.52 Å². The van der Waals surface area contributed by atoms with Crippen molar-refractivity contribution in [3.05, 3.63) is 46.7 Å². The van der Waals surface area contributed by atoms with Gasteiger partial charge in [-0.05, 0) is 51.0 Å². The van der Waals surface area contributed by atoms with Crippen molar-refractivity contribution in [2.45, 2.75) is 50.5 Å². The number of nitrogens with zero attached hydrogens (tertiary/aromatic N) is 3. The van der Waals surface area contributed by atoms with Crippen LogP contribution in [0.5, 0.6) is 5.75 Å². The van der Waals surface area contributed by atoms with Gasteiger partial charge in [0.25, 0.3) is 11.9 Å². The third kappa shape index (κ3) is 4.43. The maximum Gasteiger partial charge on any atom is 0.296 e. The molecule has 3 heterocycles. The maximum absolute atomic E-state index is 13.6. The van der Waals surface area contributed by atoms with E-state index in [-0.39, 0.29) is 11.9 Å². The minimum Gasteiger partial charge on any atom is -0.493 e. The van der Waals surface area contributed by atoms with E-state index in [1.165, 1.54) is 7.11 Å². The first-order chi connectivity index (χ1) is 16.2. The number of morpholine rings is 1. The summed E-state index contributed by atoms with van der Waals surface area (Å²) in [4.78, 5) is 24.1. The van der Waals surface area contributed by atoms with Crippen molar-refractivity contribution >= 4 is 34.6 Å². The van der Waals surface area contributed by atoms with E-state index in [4.69, 9.17) is 25.5 Å². The number of carbonyl (C=O) groups is 1. The summed E-state index contributed by atoms with van der Waals surface area (Å²) in [5, 5.41) is 14.5. The Labute approximate surface area is 202 Å². The normalized spacial score (nSPS) is 20.9. The SMILES string of the molecule is COc1cc(C(=O)N2CC(C)(C)OCC2C2(O)CC2)cc2nc(NCc3cc(Cl)ccn3)oc12. The largest absolute Gasteiger partial charge is 0.493 e. The number of aromatic nitrogens is 2. The van der Waals surface area contributed by atoms with Gasteiger partial charge in [0.2, 0.25) is 0 Å². The van der Waals surface area contributed by atoms with Gasteiger partial charge in [-0.25, -0.2) is 0 Å². The first-order valence-corrected chi connectivity index (χ1v) is 11.6. The molecule has 1 atom stereocenters. The summed E-state index contributed by atoms with van der Waals surface area (Å²) in [5.74, 6) is 0.194. The van der Waals surface area contributed by atoms with Crippen LogP contribution in [0.15, 0.2) is 34.9 Å². The summed E-state index contributed by atoms with van der Waals surface area (Å²) >= 11 is 6.02. The molecule has 9 nitrogen and oxygen atoms in total. The van der Waals surface area contributed by atoms with E-state index in [9.17, 15) is 9.90 Å². The van der Waals surface area contributed by atoms with Crippen LogP contribution < -0.4 is 10.1 Å². The first-order valence-electron chi connectivity index (χ1n) is 11.2. The van der Waals surface area contributed by atoms with Crippen LogP contribution in [-0.2, 0) is 11.3 Å². The van der Waals surface area contributed by atoms with Crippen LogP contribution in [-0.4, -0.2) is 63.4 Å². The molecule has 1 aliphatic carbocycles. The molecule has 0 radical (unpaired) electrons. The van der Waals surface area contributed by atoms with Crippen LogP contribution in [0, 0.1) is 0 Å². The molecular formula is C24H27ClN4O5. The van der Waals surface area contributed by atoms with Gasteiger partial charge in [0.15, 0.2) is 11.3 Å². The standard InChI is InChI=1S/C24H27ClN4O5/c1-23(2)13-29(19(12-33-23)24(31)5-6-24)21(30)14-8-17-20(18(9-14)32-3)34-22(28-17)27-11-16-10-15(25)4-7-26-16/h4,7-10,19,31H,5-6,11-13H2,1-3H3,(H,27,28). The number of carbonyl (C=O) groups excluding carboxylic acids is 1. The lowest BCUT2D eigenvalue weighted by Gasteiger charge is -2.45. The molecule has 2 N–H and O–H groups in total. The number of fused-ring (bicyclic) bond motifs is 1. The summed E-state index contributed by atoms with van der Waals surface area (Å²) in [5.41, 5.74) is 0.660. The Morgan fingerprint density at radius 3 is 2.85 bits per heavy atom. The average molecular weight is 487 g/mol. The minimum absolute atomic E-state index is 0.206. The Morgan fingerprint density at radius 1 is 1.35 bits per heavy atom. The van der Waals surface area contributed by atoms with E-state index < -0.39 is 17.2 Å². The van der Waals surface area contributed by atoms with Crippen LogP contribution in [0.2, 0.25) is 5.02 Å². The minimum atomic E-state index is -0.889. The van der Waals surface area contributed by atoms with Gasteiger partial charge < -0.3 is 29.2 Å². The number of rotatable bonds is 6. The van der Waals surface area contributed by atoms with Crippen LogP contribution in [0.1, 0.15) is 42.7 Å². The number of ether oxygens (including phenoxy) is 2. The summed E-state index contributed by atoms with van der Waals surface area (Å²) in [6, 6.07) is 6.67. The lowest BCUT2D eigenvalue weighted by atomic mass is 9.98. The Morgan fingerprint density at radius 2 is 2.15 bits per heavy atom. The van der Waals surface area contributed by atoms with Gasteiger partial charge in [0, 0.05) is 23.3 Å². The third-order valence-corrected chi connectivity index (χ3v) is 6.56. The predicted molar refractivity (Wildman–Crippen MR) is 126 cm³/mol. The van der Waals surface area contributed by atoms with Gasteiger partial charge in [0.05, 0.1) is 43.2 Å². The molecule has 1 aromatic carbocycles. The lowest BCUT2D eigenvalue weighted by Crippen LogP contribution is -2.60. The highest BCUT2D eigenvalue weighted by Crippen LogP contribution is 2.44. The zero-order valence-electron chi connectivity index (χ0n) is 19.3. The number of halogens is 1. The highest BCUT2D eigenvalue weighted by atomic mass is 35.5. The Balaban J connectivity index is 1.43. The van der Waals surface area contributed by atoms with Crippen molar-refractivity contribution in [1.29, 1.82) is 0 Å². The molecule has 0 spiro atoms. The number of oxazole rings is 1. The molecule has 34 heavy (non-hydrogen) atoms. The fraction of sp³-hybridized carbons (Fsp3) is 0.458. The van der Waals surface area contributed by atoms with Crippen molar-refractivity contribution in [3.63, 3.8) is 0 Å². The molecule has 1 amide bonds. The monoisotopic (exact) mass is 486 g/mol. The van der Waals surface area contributed by atoms with Crippen molar-refractivity contribution in [2.24, 2.45) is 0 Å². The molecule has 2 fully saturated rings. The number of anilines is 1. The number of hydrogen-bond acceptors (Lipinski definition) is 8. The molecule has 0 bridgehead atoms. The predicted octanol–water partition coefficient (Wildman–Crippen LogP) is 3.64. The Hall–Kier alpha value is -2.88. The highest BCUT2D eigenvalue weighted by molar-refractivity contribution is 6.30. The maximum atomic E-state index is 13.6. The molecule has 180 valence electrons. The second kappa shape index (κ2) is 8.41. The van der Waals surface area contributed by atoms with Crippen LogP contribution in [0.25, 0.3) is 11.1 Å². The highest BCUT2D eigenvalue weighted by Gasteiger charge is 2.54. The van der Waals surface area contributed by atoms with Crippen molar-refractivity contribution in [3.8, 4) is 5.75 Å². The second-order valence-corrected chi connectivity index (χ2v) is 9.92. The molecule has 2 aliphatic rings. The molecule has 2 aromatic heterocycles. The fourth-order valence-electron chi connectivity index (χ4n) is 4.31. The molecule has 1 saturated heterocycles. The Bertz CT molecular complexity index is 1240. The zero-order chi connectivity index (χ0) is 24.1. The van der Waals surface area contributed by atoms with E-state index in [2.05, 4.69) is 15.3 Å². The molecule has 1 unspecified atom stereocenters. The number of aliphatic hydroxyl groups is 1. The van der Waals surface area contributed by atoms with E-state index in [1.807, 2.05) is 13.8 Å². The number of benzene rings is 1. The van der Waals surface area contributed by atoms with Crippen molar-refractivity contribution < 1.29 is 23.8 Å². The number of nitrogens with one attached hydrogen (secondary N) is 1. The molecule has 10 heteroatoms. The fourth-order valence-corrected chi connectivity index (χ4v) is 4.49. The zero-order valence-corrected chi connectivity index (χ0v) is 20.1. The Kier molecular flexibility index (Phi) is 5.66. The van der Waals surface area contributed by atoms with Gasteiger partial charge in [-0.3, -0.25) is 9.78 Å². The number of amides is 1. The molecular weight excluding hydrogens is 460 g/mol. The van der Waals surface area contributed by atoms with Crippen molar-refractivity contribution in [1.82, 2.24) is 14.9 Å². The molecule has 5 rings (SSSR count). The van der Waals surface area contributed by atoms with E-state index >= 15 is 0 Å². The summed E-state index contributed by atoms with van der Waals surface area (Å²) in [6.45, 7) is 4.91. The quantitative estimate of drug-likeness (QED) is 0.543. The number of pyridine rings is 1. The number of methoxy groups -OCH3 is 1. The van der Waals surface area contributed by atoms with Crippen LogP contribution >= 0.6 is 11.6 Å². The number of hydrogen-bond donors (Lipinski definition) is 2. The summed E-state index contributed by atoms with van der Waals surface area (Å²) < 4.78 is 17.3. The van der Waals surface area contributed by atoms with Crippen molar-refractivity contribution in [2.75, 3.05) is 25.6 Å². The van der Waals surface area contributed by atoms with E-state index in [0.29, 0.717) is 60.0 Å². The van der Waals surface area contributed by atoms with Gasteiger partial charge in [-0.2, -0.15) is 4.98 Å². The third-order valence-electron chi connectivity index (χ3n) is 6.32. The van der Waals surface area contributed by atoms with Crippen LogP contribution in [0.3, 0.4) is 0 Å². The summed E-state index contributed by atoms with van der Waals surface area (Å²) in [7, 11) is 1.52. The van der Waals surface area contributed by atoms with Gasteiger partial charge >= 0.3 is 0 Å². The smallest absolute Gasteiger partial charge is 0.296 e. The average Bonchev–Trinajstić information content (AvgIpc) is 3.40. The van der Waals surface area contributed by atoms with E-state index in [1.54, 1.807) is 35.4 Å².